The molecule has 1 amide bonds. The van der Waals surface area contributed by atoms with Crippen molar-refractivity contribution in [2.45, 2.75) is 26.3 Å². The summed E-state index contributed by atoms with van der Waals surface area (Å²) in [5.41, 5.74) is 8.19. The summed E-state index contributed by atoms with van der Waals surface area (Å²) in [6, 6.07) is 13.7. The van der Waals surface area contributed by atoms with Crippen molar-refractivity contribution >= 4 is 27.5 Å². The van der Waals surface area contributed by atoms with Crippen LogP contribution < -0.4 is 15.8 Å². The fraction of sp³-hybridized carbons (Fsp3) is 0.278. The largest absolute Gasteiger partial charge is 0.493 e. The van der Waals surface area contributed by atoms with Gasteiger partial charge in [0.1, 0.15) is 5.75 Å². The van der Waals surface area contributed by atoms with E-state index in [9.17, 15) is 4.79 Å². The fourth-order valence-corrected chi connectivity index (χ4v) is 2.59. The lowest BCUT2D eigenvalue weighted by Gasteiger charge is -2.13. The average Bonchev–Trinajstić information content (AvgIpc) is 2.53. The van der Waals surface area contributed by atoms with Crippen LogP contribution in [0.15, 0.2) is 46.9 Å². The van der Waals surface area contributed by atoms with Crippen molar-refractivity contribution in [3.8, 4) is 5.75 Å². The zero-order chi connectivity index (χ0) is 16.7. The number of hydrogen-bond donors (Lipinski definition) is 2. The molecule has 2 aromatic carbocycles. The number of rotatable bonds is 8. The molecule has 0 aromatic heterocycles. The van der Waals surface area contributed by atoms with Crippen molar-refractivity contribution < 1.29 is 9.53 Å². The molecule has 0 unspecified atom stereocenters. The predicted molar refractivity (Wildman–Crippen MR) is 96.6 cm³/mol. The quantitative estimate of drug-likeness (QED) is 0.734. The molecule has 0 saturated carbocycles. The molecule has 2 aromatic rings. The van der Waals surface area contributed by atoms with Crippen LogP contribution in [0.3, 0.4) is 0 Å². The molecule has 0 atom stereocenters. The van der Waals surface area contributed by atoms with Gasteiger partial charge in [-0.05, 0) is 42.3 Å². The Balaban J connectivity index is 2.02. The summed E-state index contributed by atoms with van der Waals surface area (Å²) in [6.45, 7) is 3.45. The number of carbonyl (C=O) groups is 1. The van der Waals surface area contributed by atoms with Crippen molar-refractivity contribution in [1.29, 1.82) is 0 Å². The Bertz CT molecular complexity index is 657. The first-order valence-corrected chi connectivity index (χ1v) is 8.40. The van der Waals surface area contributed by atoms with Gasteiger partial charge in [-0.25, -0.2) is 0 Å². The van der Waals surface area contributed by atoms with Crippen molar-refractivity contribution in [2.24, 2.45) is 5.73 Å². The third-order valence-corrected chi connectivity index (χ3v) is 3.79. The van der Waals surface area contributed by atoms with Crippen LogP contribution in [0.2, 0.25) is 0 Å². The van der Waals surface area contributed by atoms with E-state index < -0.39 is 0 Å². The molecule has 0 bridgehead atoms. The smallest absolute Gasteiger partial charge is 0.221 e. The normalized spacial score (nSPS) is 10.3. The zero-order valence-electron chi connectivity index (χ0n) is 13.1. The van der Waals surface area contributed by atoms with Crippen LogP contribution >= 0.6 is 15.9 Å². The molecule has 0 radical (unpaired) electrons. The fourth-order valence-electron chi connectivity index (χ4n) is 2.18. The maximum absolute atomic E-state index is 10.9. The summed E-state index contributed by atoms with van der Waals surface area (Å²) in [5.74, 6) is 0.574. The number of carbonyl (C=O) groups excluding carboxylic acids is 1. The number of nitrogens with one attached hydrogen (secondary N) is 1. The molecule has 4 nitrogen and oxygen atoms in total. The number of anilines is 1. The van der Waals surface area contributed by atoms with E-state index in [0.717, 1.165) is 33.5 Å². The molecule has 0 heterocycles. The molecule has 0 saturated heterocycles. The maximum Gasteiger partial charge on any atom is 0.221 e. The molecule has 0 aliphatic heterocycles. The Morgan fingerprint density at radius 3 is 2.61 bits per heavy atom. The number of nitrogens with two attached hydrogens (primary N) is 1. The highest BCUT2D eigenvalue weighted by Crippen LogP contribution is 2.24. The molecule has 3 N–H and O–H groups in total. The number of primary amides is 1. The van der Waals surface area contributed by atoms with Gasteiger partial charge in [0.15, 0.2) is 0 Å². The average molecular weight is 377 g/mol. The molecule has 0 fully saturated rings. The molecule has 0 aliphatic rings. The first-order chi connectivity index (χ1) is 11.1. The van der Waals surface area contributed by atoms with Gasteiger partial charge >= 0.3 is 0 Å². The van der Waals surface area contributed by atoms with Gasteiger partial charge in [0.2, 0.25) is 5.91 Å². The molecule has 0 spiro atoms. The van der Waals surface area contributed by atoms with Gasteiger partial charge in [0, 0.05) is 22.3 Å². The molecule has 2 rings (SSSR count). The predicted octanol–water partition coefficient (Wildman–Crippen LogP) is 3.88. The highest BCUT2D eigenvalue weighted by Gasteiger charge is 2.05. The second-order valence-electron chi connectivity index (χ2n) is 5.29. The van der Waals surface area contributed by atoms with E-state index in [4.69, 9.17) is 10.5 Å². The molecule has 0 aliphatic carbocycles. The summed E-state index contributed by atoms with van der Waals surface area (Å²) >= 11 is 3.50. The first-order valence-electron chi connectivity index (χ1n) is 7.61. The lowest BCUT2D eigenvalue weighted by atomic mass is 10.1. The summed E-state index contributed by atoms with van der Waals surface area (Å²) in [4.78, 5) is 10.9. The van der Waals surface area contributed by atoms with E-state index in [1.165, 1.54) is 0 Å². The molecule has 122 valence electrons. The summed E-state index contributed by atoms with van der Waals surface area (Å²) in [5, 5.41) is 3.37. The van der Waals surface area contributed by atoms with Gasteiger partial charge in [0.25, 0.3) is 0 Å². The van der Waals surface area contributed by atoms with Crippen LogP contribution in [-0.2, 0) is 17.8 Å². The standard InChI is InChI=1S/C18H21BrN2O2/c1-2-9-23-17-8-5-15(19)11-14(17)12-21-16-6-3-13(4-7-16)10-18(20)22/h3-8,11,21H,2,9-10,12H2,1H3,(H2,20,22). The van der Waals surface area contributed by atoms with Crippen LogP contribution in [0.1, 0.15) is 24.5 Å². The Labute approximate surface area is 145 Å². The maximum atomic E-state index is 10.9. The van der Waals surface area contributed by atoms with Crippen molar-refractivity contribution in [1.82, 2.24) is 0 Å². The van der Waals surface area contributed by atoms with E-state index >= 15 is 0 Å². The number of benzene rings is 2. The Morgan fingerprint density at radius 2 is 1.96 bits per heavy atom. The van der Waals surface area contributed by atoms with Gasteiger partial charge in [-0.15, -0.1) is 0 Å². The highest BCUT2D eigenvalue weighted by atomic mass is 79.9. The number of ether oxygens (including phenoxy) is 1. The number of halogens is 1. The van der Waals surface area contributed by atoms with Crippen molar-refractivity contribution in [2.75, 3.05) is 11.9 Å². The molecule has 5 heteroatoms. The molecular formula is C18H21BrN2O2. The van der Waals surface area contributed by atoms with E-state index in [0.29, 0.717) is 13.2 Å². The van der Waals surface area contributed by atoms with E-state index in [1.807, 2.05) is 36.4 Å². The van der Waals surface area contributed by atoms with Gasteiger partial charge < -0.3 is 15.8 Å². The minimum absolute atomic E-state index is 0.265. The third-order valence-electron chi connectivity index (χ3n) is 3.30. The number of amides is 1. The lowest BCUT2D eigenvalue weighted by molar-refractivity contribution is -0.117. The number of hydrogen-bond acceptors (Lipinski definition) is 3. The molecule has 23 heavy (non-hydrogen) atoms. The van der Waals surface area contributed by atoms with Crippen molar-refractivity contribution in [3.63, 3.8) is 0 Å². The second kappa shape index (κ2) is 8.58. The van der Waals surface area contributed by atoms with Gasteiger partial charge in [-0.2, -0.15) is 0 Å². The van der Waals surface area contributed by atoms with Crippen LogP contribution in [0.5, 0.6) is 5.75 Å². The molecular weight excluding hydrogens is 356 g/mol. The van der Waals surface area contributed by atoms with E-state index in [2.05, 4.69) is 34.2 Å². The summed E-state index contributed by atoms with van der Waals surface area (Å²) < 4.78 is 6.80. The van der Waals surface area contributed by atoms with Crippen molar-refractivity contribution in [3.05, 3.63) is 58.1 Å². The minimum atomic E-state index is -0.322. The SMILES string of the molecule is CCCOc1ccc(Br)cc1CNc1ccc(CC(N)=O)cc1. The highest BCUT2D eigenvalue weighted by molar-refractivity contribution is 9.10. The van der Waals surface area contributed by atoms with Crippen LogP contribution in [-0.4, -0.2) is 12.5 Å². The Hall–Kier alpha value is -2.01. The van der Waals surface area contributed by atoms with Crippen LogP contribution in [0.4, 0.5) is 5.69 Å². The zero-order valence-corrected chi connectivity index (χ0v) is 14.7. The van der Waals surface area contributed by atoms with Crippen LogP contribution in [0, 0.1) is 0 Å². The van der Waals surface area contributed by atoms with E-state index in [-0.39, 0.29) is 12.3 Å². The monoisotopic (exact) mass is 376 g/mol. The Morgan fingerprint density at radius 1 is 1.22 bits per heavy atom. The topological polar surface area (TPSA) is 64.3 Å². The second-order valence-corrected chi connectivity index (χ2v) is 6.21. The van der Waals surface area contributed by atoms with Gasteiger partial charge in [-0.1, -0.05) is 35.0 Å². The van der Waals surface area contributed by atoms with Gasteiger partial charge in [-0.3, -0.25) is 4.79 Å². The first kappa shape index (κ1) is 17.3. The minimum Gasteiger partial charge on any atom is -0.493 e. The van der Waals surface area contributed by atoms with Crippen LogP contribution in [0.25, 0.3) is 0 Å². The summed E-state index contributed by atoms with van der Waals surface area (Å²) in [7, 11) is 0. The van der Waals surface area contributed by atoms with Gasteiger partial charge in [0.05, 0.1) is 13.0 Å². The lowest BCUT2D eigenvalue weighted by Crippen LogP contribution is -2.13. The Kier molecular flexibility index (Phi) is 6.47. The van der Waals surface area contributed by atoms with E-state index in [1.54, 1.807) is 0 Å². The third kappa shape index (κ3) is 5.60. The summed E-state index contributed by atoms with van der Waals surface area (Å²) in [6.07, 6.45) is 1.24.